The minimum Gasteiger partial charge on any atom is -0.296 e. The summed E-state index contributed by atoms with van der Waals surface area (Å²) in [4.78, 5) is 25.7. The molecule has 0 unspecified atom stereocenters. The van der Waals surface area contributed by atoms with Gasteiger partial charge in [-0.25, -0.2) is 4.79 Å². The molecule has 180 valence electrons. The lowest BCUT2D eigenvalue weighted by molar-refractivity contribution is 0.111. The van der Waals surface area contributed by atoms with E-state index in [-0.39, 0.29) is 5.69 Å². The summed E-state index contributed by atoms with van der Waals surface area (Å²) in [6.07, 6.45) is 4.90. The van der Waals surface area contributed by atoms with Crippen molar-refractivity contribution < 1.29 is 4.79 Å². The molecule has 0 aliphatic carbocycles. The summed E-state index contributed by atoms with van der Waals surface area (Å²) in [5.41, 5.74) is 5.54. The molecule has 2 aromatic heterocycles. The number of hydrogen-bond donors (Lipinski definition) is 0. The van der Waals surface area contributed by atoms with Crippen molar-refractivity contribution in [2.75, 3.05) is 0 Å². The van der Waals surface area contributed by atoms with Gasteiger partial charge in [-0.05, 0) is 52.6 Å². The van der Waals surface area contributed by atoms with Crippen LogP contribution in [0.4, 0.5) is 0 Å². The fourth-order valence-electron chi connectivity index (χ4n) is 4.49. The lowest BCUT2D eigenvalue weighted by Crippen LogP contribution is -2.25. The van der Waals surface area contributed by atoms with E-state index < -0.39 is 0 Å². The first-order valence-electron chi connectivity index (χ1n) is 12.0. The highest BCUT2D eigenvalue weighted by Crippen LogP contribution is 2.26. The number of aldehydes is 1. The summed E-state index contributed by atoms with van der Waals surface area (Å²) < 4.78 is 4.89. The first-order valence-corrected chi connectivity index (χ1v) is 12.0. The normalized spacial score (nSPS) is 11.0. The summed E-state index contributed by atoms with van der Waals surface area (Å²) in [6, 6.07) is 25.3. The Labute approximate surface area is 208 Å². The lowest BCUT2D eigenvalue weighted by atomic mass is 10.0. The third-order valence-corrected chi connectivity index (χ3v) is 6.28. The highest BCUT2D eigenvalue weighted by Gasteiger charge is 2.20. The quantitative estimate of drug-likeness (QED) is 0.292. The molecule has 0 atom stereocenters. The van der Waals surface area contributed by atoms with Crippen LogP contribution in [0.5, 0.6) is 0 Å². The zero-order chi connectivity index (χ0) is 24.9. The second kappa shape index (κ2) is 10.4. The van der Waals surface area contributed by atoms with E-state index in [0.29, 0.717) is 24.3 Å². The van der Waals surface area contributed by atoms with Crippen LogP contribution in [-0.4, -0.2) is 35.6 Å². The zero-order valence-electron chi connectivity index (χ0n) is 20.0. The highest BCUT2D eigenvalue weighted by molar-refractivity contribution is 5.76. The molecular formula is C28H26N6O2. The fraction of sp³-hybridized carbons (Fsp3) is 0.179. The molecule has 0 spiro atoms. The molecule has 0 saturated carbocycles. The zero-order valence-corrected chi connectivity index (χ0v) is 20.0. The third-order valence-electron chi connectivity index (χ3n) is 6.28. The second-order valence-corrected chi connectivity index (χ2v) is 8.56. The Morgan fingerprint density at radius 3 is 2.36 bits per heavy atom. The number of nitrogens with zero attached hydrogens (tertiary/aromatic N) is 6. The van der Waals surface area contributed by atoms with Gasteiger partial charge in [-0.15, -0.1) is 5.10 Å². The molecule has 5 aromatic rings. The molecule has 0 radical (unpaired) electrons. The Morgan fingerprint density at radius 2 is 1.67 bits per heavy atom. The number of benzene rings is 3. The molecule has 3 aromatic carbocycles. The van der Waals surface area contributed by atoms with Gasteiger partial charge in [0, 0.05) is 5.56 Å². The molecule has 0 fully saturated rings. The van der Waals surface area contributed by atoms with Gasteiger partial charge in [-0.3, -0.25) is 13.9 Å². The van der Waals surface area contributed by atoms with Gasteiger partial charge in [0.2, 0.25) is 0 Å². The summed E-state index contributed by atoms with van der Waals surface area (Å²) in [5.74, 6) is 0. The fourth-order valence-corrected chi connectivity index (χ4v) is 4.49. The van der Waals surface area contributed by atoms with Crippen LogP contribution in [0.2, 0.25) is 0 Å². The first kappa shape index (κ1) is 23.2. The van der Waals surface area contributed by atoms with Gasteiger partial charge in [-0.2, -0.15) is 4.68 Å². The number of imidazole rings is 1. The summed E-state index contributed by atoms with van der Waals surface area (Å²) >= 11 is 0. The van der Waals surface area contributed by atoms with Crippen molar-refractivity contribution in [2.24, 2.45) is 0 Å². The molecule has 0 bridgehead atoms. The molecule has 0 amide bonds. The van der Waals surface area contributed by atoms with E-state index in [2.05, 4.69) is 22.4 Å². The van der Waals surface area contributed by atoms with Gasteiger partial charge in [0.15, 0.2) is 6.29 Å². The molecule has 0 aliphatic heterocycles. The van der Waals surface area contributed by atoms with Crippen molar-refractivity contribution in [1.29, 1.82) is 0 Å². The lowest BCUT2D eigenvalue weighted by Gasteiger charge is -2.11. The van der Waals surface area contributed by atoms with E-state index in [1.54, 1.807) is 15.6 Å². The SMILES string of the molecule is CCCCc1c(C=O)n(-c2ccccc2)c(=O)n1Cc1ccc(-c2ccccc2-n2cnnn2)cc1. The number of aromatic nitrogens is 6. The highest BCUT2D eigenvalue weighted by atomic mass is 16.2. The van der Waals surface area contributed by atoms with Crippen LogP contribution < -0.4 is 5.69 Å². The summed E-state index contributed by atoms with van der Waals surface area (Å²) in [7, 11) is 0. The van der Waals surface area contributed by atoms with Crippen molar-refractivity contribution >= 4 is 6.29 Å². The third kappa shape index (κ3) is 4.40. The predicted octanol–water partition coefficient (Wildman–Crippen LogP) is 4.49. The van der Waals surface area contributed by atoms with E-state index in [0.717, 1.165) is 47.2 Å². The van der Waals surface area contributed by atoms with Gasteiger partial charge >= 0.3 is 5.69 Å². The number of hydrogen-bond acceptors (Lipinski definition) is 5. The van der Waals surface area contributed by atoms with Crippen molar-refractivity contribution in [3.63, 3.8) is 0 Å². The molecule has 2 heterocycles. The van der Waals surface area contributed by atoms with Crippen LogP contribution in [0.3, 0.4) is 0 Å². The van der Waals surface area contributed by atoms with E-state index in [4.69, 9.17) is 0 Å². The topological polar surface area (TPSA) is 87.6 Å². The van der Waals surface area contributed by atoms with E-state index >= 15 is 0 Å². The van der Waals surface area contributed by atoms with Crippen molar-refractivity contribution in [2.45, 2.75) is 32.7 Å². The monoisotopic (exact) mass is 478 g/mol. The second-order valence-electron chi connectivity index (χ2n) is 8.56. The molecule has 0 saturated heterocycles. The average Bonchev–Trinajstić information content (AvgIpc) is 3.55. The maximum Gasteiger partial charge on any atom is 0.333 e. The van der Waals surface area contributed by atoms with Gasteiger partial charge in [0.1, 0.15) is 12.0 Å². The molecule has 0 N–H and O–H groups in total. The number of carbonyl (C=O) groups is 1. The van der Waals surface area contributed by atoms with Crippen LogP contribution in [0, 0.1) is 0 Å². The van der Waals surface area contributed by atoms with Crippen LogP contribution in [0.1, 0.15) is 41.5 Å². The minimum absolute atomic E-state index is 0.206. The van der Waals surface area contributed by atoms with Crippen molar-refractivity contribution in [3.05, 3.63) is 113 Å². The number of para-hydroxylation sites is 2. The van der Waals surface area contributed by atoms with Crippen molar-refractivity contribution in [1.82, 2.24) is 29.3 Å². The Hall–Kier alpha value is -4.59. The summed E-state index contributed by atoms with van der Waals surface area (Å²) in [6.45, 7) is 2.48. The molecule has 5 rings (SSSR count). The van der Waals surface area contributed by atoms with Crippen LogP contribution in [-0.2, 0) is 13.0 Å². The van der Waals surface area contributed by atoms with E-state index in [1.807, 2.05) is 78.9 Å². The Morgan fingerprint density at radius 1 is 0.917 bits per heavy atom. The maximum atomic E-state index is 13.5. The average molecular weight is 479 g/mol. The van der Waals surface area contributed by atoms with Crippen LogP contribution in [0.15, 0.2) is 90.0 Å². The minimum atomic E-state index is -0.206. The van der Waals surface area contributed by atoms with Gasteiger partial charge in [-0.1, -0.05) is 74.0 Å². The van der Waals surface area contributed by atoms with Gasteiger partial charge in [0.05, 0.1) is 23.6 Å². The number of carbonyl (C=O) groups excluding carboxylic acids is 1. The molecular weight excluding hydrogens is 452 g/mol. The standard InChI is InChI=1S/C28H26N6O2/c1-2-3-12-26-27(19-35)34(23-9-5-4-6-10-23)28(36)32(26)18-21-14-16-22(17-15-21)24-11-7-8-13-25(24)33-20-29-30-31-33/h4-11,13-17,19-20H,2-3,12,18H2,1H3. The van der Waals surface area contributed by atoms with Crippen LogP contribution >= 0.6 is 0 Å². The number of tetrazole rings is 1. The van der Waals surface area contributed by atoms with Crippen LogP contribution in [0.25, 0.3) is 22.5 Å². The molecule has 8 heteroatoms. The largest absolute Gasteiger partial charge is 0.333 e. The number of unbranched alkanes of at least 4 members (excludes halogenated alkanes) is 1. The predicted molar refractivity (Wildman–Crippen MR) is 138 cm³/mol. The number of rotatable bonds is 9. The van der Waals surface area contributed by atoms with Gasteiger partial charge in [0.25, 0.3) is 0 Å². The Bertz CT molecular complexity index is 1520. The van der Waals surface area contributed by atoms with E-state index in [9.17, 15) is 9.59 Å². The first-order chi connectivity index (χ1) is 17.7. The van der Waals surface area contributed by atoms with E-state index in [1.165, 1.54) is 4.57 Å². The smallest absolute Gasteiger partial charge is 0.296 e. The van der Waals surface area contributed by atoms with Gasteiger partial charge < -0.3 is 0 Å². The molecule has 8 nitrogen and oxygen atoms in total. The Balaban J connectivity index is 1.52. The Kier molecular flexibility index (Phi) is 6.66. The molecule has 0 aliphatic rings. The molecule has 36 heavy (non-hydrogen) atoms. The maximum absolute atomic E-state index is 13.5. The summed E-state index contributed by atoms with van der Waals surface area (Å²) in [5, 5.41) is 11.5. The van der Waals surface area contributed by atoms with Crippen molar-refractivity contribution in [3.8, 4) is 22.5 Å².